The Balaban J connectivity index is 1.90. The number of carbonyl (C=O) groups is 1. The maximum Gasteiger partial charge on any atom is 0.250 e. The van der Waals surface area contributed by atoms with E-state index in [2.05, 4.69) is 10.3 Å². The largest absolute Gasteiger partial charge is 0.479 e. The normalized spacial score (nSPS) is 10.2. The number of amides is 1. The first-order valence-electron chi connectivity index (χ1n) is 5.76. The van der Waals surface area contributed by atoms with E-state index >= 15 is 0 Å². The van der Waals surface area contributed by atoms with E-state index in [4.69, 9.17) is 10.00 Å². The fourth-order valence-electron chi connectivity index (χ4n) is 1.39. The summed E-state index contributed by atoms with van der Waals surface area (Å²) in [4.78, 5) is 15.6. The maximum atomic E-state index is 11.6. The number of ether oxygens (including phenoxy) is 1. The van der Waals surface area contributed by atoms with Crippen molar-refractivity contribution in [3.8, 4) is 11.8 Å². The molecule has 1 heterocycles. The minimum atomic E-state index is -0.232. The van der Waals surface area contributed by atoms with E-state index < -0.39 is 0 Å². The van der Waals surface area contributed by atoms with Gasteiger partial charge in [-0.2, -0.15) is 5.26 Å². The van der Waals surface area contributed by atoms with Crippen LogP contribution in [0, 0.1) is 11.3 Å². The van der Waals surface area contributed by atoms with Crippen LogP contribution in [0.25, 0.3) is 6.08 Å². The zero-order valence-corrected chi connectivity index (χ0v) is 11.3. The molecule has 1 aromatic carbocycles. The molecule has 0 aliphatic heterocycles. The van der Waals surface area contributed by atoms with Gasteiger partial charge in [0.1, 0.15) is 11.8 Å². The molecule has 0 fully saturated rings. The lowest BCUT2D eigenvalue weighted by Gasteiger charge is -2.01. The van der Waals surface area contributed by atoms with Gasteiger partial charge in [0, 0.05) is 17.7 Å². The number of aromatic nitrogens is 1. The number of nitriles is 1. The highest BCUT2D eigenvalue weighted by Gasteiger charge is 1.99. The maximum absolute atomic E-state index is 11.6. The Hall–Kier alpha value is -2.65. The highest BCUT2D eigenvalue weighted by atomic mass is 32.1. The van der Waals surface area contributed by atoms with E-state index in [0.717, 1.165) is 5.56 Å². The molecule has 2 aromatic rings. The van der Waals surface area contributed by atoms with Gasteiger partial charge in [-0.1, -0.05) is 12.1 Å². The zero-order valence-electron chi connectivity index (χ0n) is 10.4. The smallest absolute Gasteiger partial charge is 0.250 e. The molecule has 0 radical (unpaired) electrons. The minimum Gasteiger partial charge on any atom is -0.479 e. The SMILES string of the molecule is N#CCOc1ccc(/C=C/C(=O)Nc2nccs2)cc1. The molecule has 5 nitrogen and oxygen atoms in total. The molecule has 0 unspecified atom stereocenters. The first kappa shape index (κ1) is 13.8. The summed E-state index contributed by atoms with van der Waals surface area (Å²) in [5, 5.41) is 13.4. The first-order chi connectivity index (χ1) is 9.78. The van der Waals surface area contributed by atoms with Gasteiger partial charge in [-0.15, -0.1) is 11.3 Å². The molecule has 100 valence electrons. The topological polar surface area (TPSA) is 75.0 Å². The van der Waals surface area contributed by atoms with Gasteiger partial charge < -0.3 is 4.74 Å². The van der Waals surface area contributed by atoms with Crippen LogP contribution >= 0.6 is 11.3 Å². The summed E-state index contributed by atoms with van der Waals surface area (Å²) in [6, 6.07) is 9.00. The van der Waals surface area contributed by atoms with E-state index in [0.29, 0.717) is 10.9 Å². The number of carbonyl (C=O) groups excluding carboxylic acids is 1. The Kier molecular flexibility index (Phi) is 4.87. The molecule has 2 rings (SSSR count). The van der Waals surface area contributed by atoms with Gasteiger partial charge in [-0.3, -0.25) is 10.1 Å². The quantitative estimate of drug-likeness (QED) is 0.857. The summed E-state index contributed by atoms with van der Waals surface area (Å²) in [6.45, 7) is 0.0193. The number of thiazole rings is 1. The van der Waals surface area contributed by atoms with E-state index in [1.165, 1.54) is 17.4 Å². The predicted octanol–water partition coefficient (Wildman–Crippen LogP) is 2.70. The molecule has 20 heavy (non-hydrogen) atoms. The molecule has 1 aromatic heterocycles. The highest BCUT2D eigenvalue weighted by molar-refractivity contribution is 7.13. The molecule has 0 atom stereocenters. The lowest BCUT2D eigenvalue weighted by molar-refractivity contribution is -0.111. The Bertz CT molecular complexity index is 627. The Morgan fingerprint density at radius 1 is 1.45 bits per heavy atom. The fourth-order valence-corrected chi connectivity index (χ4v) is 1.93. The zero-order chi connectivity index (χ0) is 14.2. The van der Waals surface area contributed by atoms with Crippen molar-refractivity contribution in [1.82, 2.24) is 4.98 Å². The average Bonchev–Trinajstić information content (AvgIpc) is 2.97. The standard InChI is InChI=1S/C14H11N3O2S/c15-7-9-19-12-4-1-11(2-5-12)3-6-13(18)17-14-16-8-10-20-14/h1-6,8,10H,9H2,(H,16,17,18)/b6-3+. The van der Waals surface area contributed by atoms with Crippen LogP contribution in [-0.2, 0) is 4.79 Å². The van der Waals surface area contributed by atoms with Crippen molar-refractivity contribution in [3.63, 3.8) is 0 Å². The van der Waals surface area contributed by atoms with Crippen molar-refractivity contribution >= 4 is 28.5 Å². The van der Waals surface area contributed by atoms with E-state index in [1.807, 2.05) is 6.07 Å². The van der Waals surface area contributed by atoms with Crippen LogP contribution in [0.15, 0.2) is 41.9 Å². The van der Waals surface area contributed by atoms with Gasteiger partial charge in [-0.05, 0) is 23.8 Å². The lowest BCUT2D eigenvalue weighted by Crippen LogP contribution is -2.06. The first-order valence-corrected chi connectivity index (χ1v) is 6.64. The molecule has 0 spiro atoms. The summed E-state index contributed by atoms with van der Waals surface area (Å²) < 4.78 is 5.13. The number of rotatable bonds is 5. The number of nitrogens with one attached hydrogen (secondary N) is 1. The monoisotopic (exact) mass is 285 g/mol. The third kappa shape index (κ3) is 4.23. The molecular weight excluding hydrogens is 274 g/mol. The van der Waals surface area contributed by atoms with Crippen LogP contribution < -0.4 is 10.1 Å². The second kappa shape index (κ2) is 7.07. The summed E-state index contributed by atoms with van der Waals surface area (Å²) in [5.74, 6) is 0.390. The van der Waals surface area contributed by atoms with E-state index in [9.17, 15) is 4.79 Å². The van der Waals surface area contributed by atoms with Crippen molar-refractivity contribution in [2.75, 3.05) is 11.9 Å². The highest BCUT2D eigenvalue weighted by Crippen LogP contribution is 2.13. The molecule has 6 heteroatoms. The number of hydrogen-bond acceptors (Lipinski definition) is 5. The Morgan fingerprint density at radius 3 is 2.90 bits per heavy atom. The summed E-state index contributed by atoms with van der Waals surface area (Å²) >= 11 is 1.36. The predicted molar refractivity (Wildman–Crippen MR) is 77.3 cm³/mol. The van der Waals surface area contributed by atoms with Crippen molar-refractivity contribution in [3.05, 3.63) is 47.5 Å². The van der Waals surface area contributed by atoms with Crippen molar-refractivity contribution in [1.29, 1.82) is 5.26 Å². The van der Waals surface area contributed by atoms with Crippen LogP contribution in [0.2, 0.25) is 0 Å². The molecule has 0 saturated heterocycles. The number of anilines is 1. The molecule has 1 amide bonds. The van der Waals surface area contributed by atoms with Crippen molar-refractivity contribution in [2.45, 2.75) is 0 Å². The van der Waals surface area contributed by atoms with Crippen molar-refractivity contribution < 1.29 is 9.53 Å². The van der Waals surface area contributed by atoms with Gasteiger partial charge in [-0.25, -0.2) is 4.98 Å². The van der Waals surface area contributed by atoms with Gasteiger partial charge in [0.05, 0.1) is 0 Å². The second-order valence-corrected chi connectivity index (χ2v) is 4.57. The minimum absolute atomic E-state index is 0.0193. The van der Waals surface area contributed by atoms with Gasteiger partial charge in [0.25, 0.3) is 0 Å². The average molecular weight is 285 g/mol. The third-order valence-electron chi connectivity index (χ3n) is 2.27. The number of hydrogen-bond donors (Lipinski definition) is 1. The van der Waals surface area contributed by atoms with Crippen molar-refractivity contribution in [2.24, 2.45) is 0 Å². The van der Waals surface area contributed by atoms with Crippen LogP contribution in [0.1, 0.15) is 5.56 Å². The van der Waals surface area contributed by atoms with Gasteiger partial charge in [0.15, 0.2) is 11.7 Å². The Labute approximate surface area is 120 Å². The number of nitrogens with zero attached hydrogens (tertiary/aromatic N) is 2. The lowest BCUT2D eigenvalue weighted by atomic mass is 10.2. The third-order valence-corrected chi connectivity index (χ3v) is 2.96. The van der Waals surface area contributed by atoms with E-state index in [-0.39, 0.29) is 12.5 Å². The van der Waals surface area contributed by atoms with Crippen LogP contribution in [0.3, 0.4) is 0 Å². The van der Waals surface area contributed by atoms with Gasteiger partial charge in [0.2, 0.25) is 5.91 Å². The second-order valence-electron chi connectivity index (χ2n) is 3.68. The molecular formula is C14H11N3O2S. The van der Waals surface area contributed by atoms with Crippen LogP contribution in [0.4, 0.5) is 5.13 Å². The summed E-state index contributed by atoms with van der Waals surface area (Å²) in [6.07, 6.45) is 4.76. The number of benzene rings is 1. The summed E-state index contributed by atoms with van der Waals surface area (Å²) in [7, 11) is 0. The molecule has 0 aliphatic rings. The molecule has 0 bridgehead atoms. The summed E-state index contributed by atoms with van der Waals surface area (Å²) in [5.41, 5.74) is 0.864. The van der Waals surface area contributed by atoms with Crippen LogP contribution in [0.5, 0.6) is 5.75 Å². The van der Waals surface area contributed by atoms with Crippen LogP contribution in [-0.4, -0.2) is 17.5 Å². The fraction of sp³-hybridized carbons (Fsp3) is 0.0714. The van der Waals surface area contributed by atoms with E-state index in [1.54, 1.807) is 41.9 Å². The van der Waals surface area contributed by atoms with Gasteiger partial charge >= 0.3 is 0 Å². The molecule has 0 saturated carbocycles. The Morgan fingerprint density at radius 2 is 2.25 bits per heavy atom. The molecule has 1 N–H and O–H groups in total. The molecule has 0 aliphatic carbocycles.